The van der Waals surface area contributed by atoms with Gasteiger partial charge in [-0.2, -0.15) is 0 Å². The van der Waals surface area contributed by atoms with Gasteiger partial charge in [-0.15, -0.1) is 0 Å². The number of hydrogen-bond donors (Lipinski definition) is 1. The first-order valence-corrected chi connectivity index (χ1v) is 7.36. The van der Waals surface area contributed by atoms with Crippen LogP contribution < -0.4 is 10.2 Å². The van der Waals surface area contributed by atoms with Crippen LogP contribution in [0.1, 0.15) is 46.0 Å². The molecule has 1 aromatic heterocycles. The van der Waals surface area contributed by atoms with E-state index in [9.17, 15) is 0 Å². The first kappa shape index (κ1) is 14.2. The van der Waals surface area contributed by atoms with Crippen molar-refractivity contribution >= 4 is 11.4 Å². The quantitative estimate of drug-likeness (QED) is 0.836. The van der Waals surface area contributed by atoms with E-state index >= 15 is 0 Å². The van der Waals surface area contributed by atoms with Gasteiger partial charge in [0.25, 0.3) is 0 Å². The Morgan fingerprint density at radius 3 is 2.79 bits per heavy atom. The molecule has 0 spiro atoms. The lowest BCUT2D eigenvalue weighted by atomic mass is 9.85. The van der Waals surface area contributed by atoms with Crippen molar-refractivity contribution in [3.63, 3.8) is 0 Å². The minimum atomic E-state index is 0.510. The van der Waals surface area contributed by atoms with E-state index in [1.807, 2.05) is 12.4 Å². The van der Waals surface area contributed by atoms with Crippen molar-refractivity contribution in [2.75, 3.05) is 24.3 Å². The van der Waals surface area contributed by atoms with Gasteiger partial charge in [-0.1, -0.05) is 20.3 Å². The SMILES string of the molecule is CN(C)c1ccncc1NC1CCCC(C)(C)CC1. The summed E-state index contributed by atoms with van der Waals surface area (Å²) in [4.78, 5) is 6.40. The third-order valence-corrected chi connectivity index (χ3v) is 4.22. The van der Waals surface area contributed by atoms with E-state index in [1.165, 1.54) is 37.8 Å². The summed E-state index contributed by atoms with van der Waals surface area (Å²) in [7, 11) is 4.16. The van der Waals surface area contributed by atoms with Crippen molar-refractivity contribution < 1.29 is 0 Å². The second-order valence-corrected chi connectivity index (χ2v) is 6.72. The molecule has 0 aromatic carbocycles. The molecule has 3 nitrogen and oxygen atoms in total. The number of rotatable bonds is 3. The molecule has 1 aliphatic rings. The van der Waals surface area contributed by atoms with Gasteiger partial charge in [-0.3, -0.25) is 4.98 Å². The number of pyridine rings is 1. The molecule has 3 heteroatoms. The second-order valence-electron chi connectivity index (χ2n) is 6.72. The van der Waals surface area contributed by atoms with Crippen LogP contribution in [0.25, 0.3) is 0 Å². The standard InChI is InChI=1S/C16H27N3/c1-16(2)9-5-6-13(7-10-16)18-14-12-17-11-8-15(14)19(3)4/h8,11-13,18H,5-7,9-10H2,1-4H3. The maximum Gasteiger partial charge on any atom is 0.0766 e. The molecule has 1 fully saturated rings. The van der Waals surface area contributed by atoms with Gasteiger partial charge in [0.05, 0.1) is 17.6 Å². The molecule has 1 aromatic rings. The number of anilines is 2. The van der Waals surface area contributed by atoms with Crippen molar-refractivity contribution in [1.82, 2.24) is 4.98 Å². The minimum absolute atomic E-state index is 0.510. The zero-order valence-electron chi connectivity index (χ0n) is 12.7. The monoisotopic (exact) mass is 261 g/mol. The summed E-state index contributed by atoms with van der Waals surface area (Å²) in [5.41, 5.74) is 2.89. The van der Waals surface area contributed by atoms with Gasteiger partial charge in [0.1, 0.15) is 0 Å². The number of nitrogens with zero attached hydrogens (tertiary/aromatic N) is 2. The summed E-state index contributed by atoms with van der Waals surface area (Å²) in [6, 6.07) is 2.66. The van der Waals surface area contributed by atoms with E-state index in [0.29, 0.717) is 11.5 Å². The van der Waals surface area contributed by atoms with Crippen LogP contribution in [0.5, 0.6) is 0 Å². The summed E-state index contributed by atoms with van der Waals surface area (Å²) < 4.78 is 0. The molecule has 2 rings (SSSR count). The number of hydrogen-bond acceptors (Lipinski definition) is 3. The fourth-order valence-electron chi connectivity index (χ4n) is 2.91. The molecule has 0 aliphatic heterocycles. The molecule has 106 valence electrons. The normalized spacial score (nSPS) is 22.6. The van der Waals surface area contributed by atoms with Gasteiger partial charge in [0.15, 0.2) is 0 Å². The predicted molar refractivity (Wildman–Crippen MR) is 82.8 cm³/mol. The maximum atomic E-state index is 4.26. The Bertz CT molecular complexity index is 412. The summed E-state index contributed by atoms with van der Waals surface area (Å²) in [5.74, 6) is 0. The lowest BCUT2D eigenvalue weighted by Gasteiger charge is -2.24. The van der Waals surface area contributed by atoms with Gasteiger partial charge < -0.3 is 10.2 Å². The topological polar surface area (TPSA) is 28.2 Å². The minimum Gasteiger partial charge on any atom is -0.379 e. The highest BCUT2D eigenvalue weighted by atomic mass is 15.1. The largest absolute Gasteiger partial charge is 0.379 e. The van der Waals surface area contributed by atoms with Crippen molar-refractivity contribution in [2.24, 2.45) is 5.41 Å². The van der Waals surface area contributed by atoms with Gasteiger partial charge in [-0.05, 0) is 37.2 Å². The Kier molecular flexibility index (Phi) is 4.33. The molecule has 1 unspecified atom stereocenters. The highest BCUT2D eigenvalue weighted by Gasteiger charge is 2.24. The van der Waals surface area contributed by atoms with Crippen LogP contribution in [0.2, 0.25) is 0 Å². The van der Waals surface area contributed by atoms with Crippen molar-refractivity contribution in [3.05, 3.63) is 18.5 Å². The molecule has 1 heterocycles. The van der Waals surface area contributed by atoms with Gasteiger partial charge >= 0.3 is 0 Å². The molecule has 1 atom stereocenters. The van der Waals surface area contributed by atoms with Crippen LogP contribution in [0.15, 0.2) is 18.5 Å². The fraction of sp³-hybridized carbons (Fsp3) is 0.688. The third kappa shape index (κ3) is 3.85. The van der Waals surface area contributed by atoms with E-state index in [-0.39, 0.29) is 0 Å². The molecular weight excluding hydrogens is 234 g/mol. The maximum absolute atomic E-state index is 4.26. The lowest BCUT2D eigenvalue weighted by Crippen LogP contribution is -2.21. The fourth-order valence-corrected chi connectivity index (χ4v) is 2.91. The Labute approximate surface area is 117 Å². The predicted octanol–water partition coefficient (Wildman–Crippen LogP) is 3.92. The first-order valence-electron chi connectivity index (χ1n) is 7.36. The van der Waals surface area contributed by atoms with Crippen LogP contribution in [0, 0.1) is 5.41 Å². The average molecular weight is 261 g/mol. The number of nitrogens with one attached hydrogen (secondary N) is 1. The first-order chi connectivity index (χ1) is 8.98. The van der Waals surface area contributed by atoms with Crippen LogP contribution in [-0.2, 0) is 0 Å². The zero-order chi connectivity index (χ0) is 13.9. The molecular formula is C16H27N3. The van der Waals surface area contributed by atoms with Gasteiger partial charge in [0.2, 0.25) is 0 Å². The van der Waals surface area contributed by atoms with Crippen molar-refractivity contribution in [1.29, 1.82) is 0 Å². The third-order valence-electron chi connectivity index (χ3n) is 4.22. The highest BCUT2D eigenvalue weighted by Crippen LogP contribution is 2.35. The average Bonchev–Trinajstić information content (AvgIpc) is 2.51. The van der Waals surface area contributed by atoms with Gasteiger partial charge in [-0.25, -0.2) is 0 Å². The second kappa shape index (κ2) is 5.81. The summed E-state index contributed by atoms with van der Waals surface area (Å²) in [6.45, 7) is 4.79. The Morgan fingerprint density at radius 2 is 2.05 bits per heavy atom. The highest BCUT2D eigenvalue weighted by molar-refractivity contribution is 5.68. The summed E-state index contributed by atoms with van der Waals surface area (Å²) in [5, 5.41) is 3.70. The summed E-state index contributed by atoms with van der Waals surface area (Å²) in [6.07, 6.45) is 10.3. The van der Waals surface area contributed by atoms with E-state index in [0.717, 1.165) is 5.69 Å². The Balaban J connectivity index is 2.05. The Hall–Kier alpha value is -1.25. The van der Waals surface area contributed by atoms with Crippen LogP contribution >= 0.6 is 0 Å². The van der Waals surface area contributed by atoms with E-state index in [4.69, 9.17) is 0 Å². The van der Waals surface area contributed by atoms with Gasteiger partial charge in [0, 0.05) is 26.3 Å². The lowest BCUT2D eigenvalue weighted by molar-refractivity contribution is 0.313. The molecule has 0 saturated heterocycles. The molecule has 1 aliphatic carbocycles. The van der Waals surface area contributed by atoms with Crippen LogP contribution in [0.3, 0.4) is 0 Å². The summed E-state index contributed by atoms with van der Waals surface area (Å²) >= 11 is 0. The molecule has 1 saturated carbocycles. The van der Waals surface area contributed by atoms with Crippen LogP contribution in [-0.4, -0.2) is 25.1 Å². The smallest absolute Gasteiger partial charge is 0.0766 e. The van der Waals surface area contributed by atoms with Crippen LogP contribution in [0.4, 0.5) is 11.4 Å². The van der Waals surface area contributed by atoms with Crippen molar-refractivity contribution in [2.45, 2.75) is 52.0 Å². The number of aromatic nitrogens is 1. The molecule has 19 heavy (non-hydrogen) atoms. The molecule has 0 amide bonds. The molecule has 0 bridgehead atoms. The van der Waals surface area contributed by atoms with E-state index in [2.05, 4.69) is 49.2 Å². The van der Waals surface area contributed by atoms with E-state index in [1.54, 1.807) is 0 Å². The van der Waals surface area contributed by atoms with Crippen molar-refractivity contribution in [3.8, 4) is 0 Å². The van der Waals surface area contributed by atoms with E-state index < -0.39 is 0 Å². The molecule has 0 radical (unpaired) electrons. The molecule has 1 N–H and O–H groups in total. The zero-order valence-corrected chi connectivity index (χ0v) is 12.7. The Morgan fingerprint density at radius 1 is 1.26 bits per heavy atom.